The summed E-state index contributed by atoms with van der Waals surface area (Å²) in [6, 6.07) is 6.01. The average Bonchev–Trinajstić information content (AvgIpc) is 2.18. The first-order chi connectivity index (χ1) is 8.28. The van der Waals surface area contributed by atoms with Crippen LogP contribution in [0, 0.1) is 6.92 Å². The molecule has 0 unspecified atom stereocenters. The highest BCUT2D eigenvalue weighted by Gasteiger charge is 2.15. The fourth-order valence-corrected chi connectivity index (χ4v) is 1.99. The number of esters is 1. The molecule has 0 saturated heterocycles. The number of carbonyl (C=O) groups is 1. The number of ether oxygens (including phenoxy) is 1. The summed E-state index contributed by atoms with van der Waals surface area (Å²) in [4.78, 5) is 11.5. The Morgan fingerprint density at radius 2 is 2.06 bits per heavy atom. The lowest BCUT2D eigenvalue weighted by atomic mass is 10.2. The van der Waals surface area contributed by atoms with Gasteiger partial charge in [0.25, 0.3) is 0 Å². The zero-order valence-electron chi connectivity index (χ0n) is 11.3. The summed E-state index contributed by atoms with van der Waals surface area (Å²) in [5.74, 6) is -0.176. The van der Waals surface area contributed by atoms with Gasteiger partial charge in [0.2, 0.25) is 0 Å². The van der Waals surface area contributed by atoms with Crippen LogP contribution in [0.2, 0.25) is 0 Å². The Bertz CT molecular complexity index is 424. The fourth-order valence-electron chi connectivity index (χ4n) is 1.52. The van der Waals surface area contributed by atoms with E-state index in [0.717, 1.165) is 15.7 Å². The van der Waals surface area contributed by atoms with Crippen LogP contribution in [0.1, 0.15) is 32.8 Å². The quantitative estimate of drug-likeness (QED) is 0.857. The van der Waals surface area contributed by atoms with Crippen molar-refractivity contribution in [2.24, 2.45) is 0 Å². The first-order valence-electron chi connectivity index (χ1n) is 6.00. The molecule has 0 aliphatic heterocycles. The van der Waals surface area contributed by atoms with Gasteiger partial charge in [-0.05, 0) is 51.5 Å². The van der Waals surface area contributed by atoms with E-state index in [1.807, 2.05) is 45.9 Å². The molecular formula is C14H20BrNO2. The molecule has 4 heteroatoms. The largest absolute Gasteiger partial charge is 0.460 e. The fraction of sp³-hybridized carbons (Fsp3) is 0.500. The lowest BCUT2D eigenvalue weighted by molar-refractivity contribution is -0.154. The van der Waals surface area contributed by atoms with Crippen molar-refractivity contribution < 1.29 is 9.53 Å². The maximum Gasteiger partial charge on any atom is 0.308 e. The highest BCUT2D eigenvalue weighted by molar-refractivity contribution is 9.10. The lowest BCUT2D eigenvalue weighted by Crippen LogP contribution is -2.25. The van der Waals surface area contributed by atoms with E-state index in [2.05, 4.69) is 21.2 Å². The molecule has 0 saturated carbocycles. The van der Waals surface area contributed by atoms with Crippen LogP contribution in [-0.2, 0) is 9.53 Å². The molecule has 0 fully saturated rings. The molecule has 0 spiro atoms. The van der Waals surface area contributed by atoms with Gasteiger partial charge in [0.15, 0.2) is 0 Å². The first-order valence-corrected chi connectivity index (χ1v) is 6.79. The van der Waals surface area contributed by atoms with Gasteiger partial charge in [0, 0.05) is 16.7 Å². The molecule has 1 aromatic carbocycles. The molecule has 0 aliphatic rings. The lowest BCUT2D eigenvalue weighted by Gasteiger charge is -2.19. The van der Waals surface area contributed by atoms with Gasteiger partial charge in [-0.15, -0.1) is 0 Å². The summed E-state index contributed by atoms with van der Waals surface area (Å²) in [7, 11) is 0. The molecule has 100 valence electrons. The van der Waals surface area contributed by atoms with E-state index in [1.54, 1.807) is 0 Å². The van der Waals surface area contributed by atoms with Crippen molar-refractivity contribution in [3.8, 4) is 0 Å². The van der Waals surface area contributed by atoms with Crippen LogP contribution >= 0.6 is 15.9 Å². The molecule has 0 heterocycles. The van der Waals surface area contributed by atoms with Crippen LogP contribution in [0.3, 0.4) is 0 Å². The Labute approximate surface area is 117 Å². The van der Waals surface area contributed by atoms with E-state index in [1.165, 1.54) is 0 Å². The minimum atomic E-state index is -0.412. The van der Waals surface area contributed by atoms with E-state index in [-0.39, 0.29) is 5.97 Å². The van der Waals surface area contributed by atoms with Crippen molar-refractivity contribution in [3.05, 3.63) is 28.2 Å². The molecule has 0 aromatic heterocycles. The van der Waals surface area contributed by atoms with Gasteiger partial charge in [-0.1, -0.05) is 15.9 Å². The molecule has 0 aliphatic carbocycles. The summed E-state index contributed by atoms with van der Waals surface area (Å²) in [6.07, 6.45) is 0.368. The van der Waals surface area contributed by atoms with Crippen molar-refractivity contribution in [2.45, 2.75) is 39.7 Å². The van der Waals surface area contributed by atoms with Crippen molar-refractivity contribution in [3.63, 3.8) is 0 Å². The highest BCUT2D eigenvalue weighted by Crippen LogP contribution is 2.20. The minimum absolute atomic E-state index is 0.176. The Balaban J connectivity index is 2.40. The number of halogens is 1. The van der Waals surface area contributed by atoms with Crippen molar-refractivity contribution in [1.82, 2.24) is 0 Å². The molecule has 0 radical (unpaired) electrons. The monoisotopic (exact) mass is 313 g/mol. The van der Waals surface area contributed by atoms with Crippen LogP contribution in [0.5, 0.6) is 0 Å². The minimum Gasteiger partial charge on any atom is -0.460 e. The van der Waals surface area contributed by atoms with Crippen LogP contribution in [-0.4, -0.2) is 18.1 Å². The predicted octanol–water partition coefficient (Wildman–Crippen LogP) is 3.90. The van der Waals surface area contributed by atoms with Gasteiger partial charge < -0.3 is 10.1 Å². The molecule has 1 aromatic rings. The van der Waals surface area contributed by atoms with Gasteiger partial charge in [-0.3, -0.25) is 4.79 Å². The van der Waals surface area contributed by atoms with Crippen molar-refractivity contribution >= 4 is 27.6 Å². The van der Waals surface area contributed by atoms with Crippen LogP contribution in [0.25, 0.3) is 0 Å². The van der Waals surface area contributed by atoms with Crippen LogP contribution in [0.15, 0.2) is 22.7 Å². The Morgan fingerprint density at radius 3 is 2.61 bits per heavy atom. The van der Waals surface area contributed by atoms with E-state index in [9.17, 15) is 4.79 Å². The molecule has 3 nitrogen and oxygen atoms in total. The zero-order valence-corrected chi connectivity index (χ0v) is 12.9. The van der Waals surface area contributed by atoms with E-state index < -0.39 is 5.60 Å². The highest BCUT2D eigenvalue weighted by atomic mass is 79.9. The van der Waals surface area contributed by atoms with Gasteiger partial charge in [-0.25, -0.2) is 0 Å². The average molecular weight is 314 g/mol. The summed E-state index contributed by atoms with van der Waals surface area (Å²) >= 11 is 3.42. The third kappa shape index (κ3) is 5.54. The molecule has 0 atom stereocenters. The van der Waals surface area contributed by atoms with Crippen molar-refractivity contribution in [2.75, 3.05) is 11.9 Å². The smallest absolute Gasteiger partial charge is 0.308 e. The molecular weight excluding hydrogens is 294 g/mol. The summed E-state index contributed by atoms with van der Waals surface area (Å²) in [6.45, 7) is 8.23. The maximum absolute atomic E-state index is 11.5. The molecule has 0 amide bonds. The van der Waals surface area contributed by atoms with Gasteiger partial charge in [0.1, 0.15) is 5.60 Å². The number of hydrogen-bond acceptors (Lipinski definition) is 3. The van der Waals surface area contributed by atoms with Gasteiger partial charge in [-0.2, -0.15) is 0 Å². The number of hydrogen-bond donors (Lipinski definition) is 1. The maximum atomic E-state index is 11.5. The van der Waals surface area contributed by atoms with E-state index >= 15 is 0 Å². The van der Waals surface area contributed by atoms with Gasteiger partial charge >= 0.3 is 5.97 Å². The van der Waals surface area contributed by atoms with E-state index in [4.69, 9.17) is 4.74 Å². The number of carbonyl (C=O) groups excluding carboxylic acids is 1. The number of nitrogens with one attached hydrogen (secondary N) is 1. The Hall–Kier alpha value is -1.03. The molecule has 0 bridgehead atoms. The Morgan fingerprint density at radius 1 is 1.39 bits per heavy atom. The third-order valence-corrected chi connectivity index (χ3v) is 2.75. The third-order valence-electron chi connectivity index (χ3n) is 2.25. The zero-order chi connectivity index (χ0) is 13.8. The summed E-state index contributed by atoms with van der Waals surface area (Å²) < 4.78 is 6.29. The number of anilines is 1. The second kappa shape index (κ2) is 6.23. The van der Waals surface area contributed by atoms with Crippen LogP contribution < -0.4 is 5.32 Å². The standard InChI is InChI=1S/C14H20BrNO2/c1-10-9-11(15)5-6-12(10)16-8-7-13(17)18-14(2,3)4/h5-6,9,16H,7-8H2,1-4H3. The molecule has 1 rings (SSSR count). The normalized spacial score (nSPS) is 11.2. The SMILES string of the molecule is Cc1cc(Br)ccc1NCCC(=O)OC(C)(C)C. The second-order valence-corrected chi connectivity index (χ2v) is 6.14. The summed E-state index contributed by atoms with van der Waals surface area (Å²) in [5.41, 5.74) is 1.78. The van der Waals surface area contributed by atoms with E-state index in [0.29, 0.717) is 13.0 Å². The number of rotatable bonds is 4. The predicted molar refractivity (Wildman–Crippen MR) is 77.8 cm³/mol. The van der Waals surface area contributed by atoms with Gasteiger partial charge in [0.05, 0.1) is 6.42 Å². The number of aryl methyl sites for hydroxylation is 1. The first kappa shape index (κ1) is 15.0. The van der Waals surface area contributed by atoms with Crippen molar-refractivity contribution in [1.29, 1.82) is 0 Å². The molecule has 1 N–H and O–H groups in total. The molecule has 18 heavy (non-hydrogen) atoms. The number of benzene rings is 1. The topological polar surface area (TPSA) is 38.3 Å². The summed E-state index contributed by atoms with van der Waals surface area (Å²) in [5, 5.41) is 3.24. The Kier molecular flexibility index (Phi) is 5.20. The second-order valence-electron chi connectivity index (χ2n) is 5.22. The van der Waals surface area contributed by atoms with Crippen LogP contribution in [0.4, 0.5) is 5.69 Å².